The molecule has 0 aliphatic carbocycles. The Morgan fingerprint density at radius 1 is 1.06 bits per heavy atom. The summed E-state index contributed by atoms with van der Waals surface area (Å²) in [5.41, 5.74) is 4.02. The predicted molar refractivity (Wildman–Crippen MR) is 123 cm³/mol. The molecular weight excluding hydrogens is 412 g/mol. The van der Waals surface area contributed by atoms with Gasteiger partial charge in [-0.2, -0.15) is 4.31 Å². The number of ether oxygens (including phenoxy) is 1. The minimum atomic E-state index is -3.70. The first kappa shape index (κ1) is 23.3. The molecule has 0 unspecified atom stereocenters. The van der Waals surface area contributed by atoms with Crippen molar-refractivity contribution in [1.29, 1.82) is 0 Å². The van der Waals surface area contributed by atoms with Crippen molar-refractivity contribution in [3.63, 3.8) is 0 Å². The largest absolute Gasteiger partial charge is 0.495 e. The predicted octanol–water partition coefficient (Wildman–Crippen LogP) is 4.47. The van der Waals surface area contributed by atoms with Gasteiger partial charge in [-0.15, -0.1) is 0 Å². The average molecular weight is 445 g/mol. The third-order valence-electron chi connectivity index (χ3n) is 6.07. The number of rotatable bonds is 6. The maximum absolute atomic E-state index is 13.3. The number of carbonyl (C=O) groups is 1. The third-order valence-corrected chi connectivity index (χ3v) is 7.99. The number of hydrogen-bond acceptors (Lipinski definition) is 4. The number of hydrogen-bond donors (Lipinski definition) is 1. The zero-order valence-corrected chi connectivity index (χ0v) is 19.8. The standard InChI is InChI=1S/C24H32N2O4S/c1-16(2)20-7-9-22(30-5)23(15-20)31(28,29)26-12-10-19(11-13-26)24(27)25-21-8-6-17(3)18(4)14-21/h6-9,14-16,19H,10-13H2,1-5H3,(H,25,27). The highest BCUT2D eigenvalue weighted by Gasteiger charge is 2.34. The fourth-order valence-electron chi connectivity index (χ4n) is 3.81. The van der Waals surface area contributed by atoms with E-state index in [4.69, 9.17) is 4.74 Å². The van der Waals surface area contributed by atoms with E-state index in [0.29, 0.717) is 31.7 Å². The summed E-state index contributed by atoms with van der Waals surface area (Å²) in [5, 5.41) is 2.98. The van der Waals surface area contributed by atoms with Crippen molar-refractivity contribution in [2.45, 2.75) is 51.3 Å². The molecule has 0 saturated carbocycles. The molecule has 1 aliphatic heterocycles. The highest BCUT2D eigenvalue weighted by Crippen LogP contribution is 2.32. The molecule has 1 heterocycles. The fourth-order valence-corrected chi connectivity index (χ4v) is 5.48. The summed E-state index contributed by atoms with van der Waals surface area (Å²) in [4.78, 5) is 12.9. The van der Waals surface area contributed by atoms with Gasteiger partial charge in [0.15, 0.2) is 0 Å². The molecule has 31 heavy (non-hydrogen) atoms. The molecule has 1 amide bonds. The first-order valence-electron chi connectivity index (χ1n) is 10.7. The Morgan fingerprint density at radius 2 is 1.74 bits per heavy atom. The number of nitrogens with zero attached hydrogens (tertiary/aromatic N) is 1. The van der Waals surface area contributed by atoms with E-state index in [1.807, 2.05) is 52.0 Å². The first-order chi connectivity index (χ1) is 14.6. The van der Waals surface area contributed by atoms with Crippen LogP contribution in [0.15, 0.2) is 41.3 Å². The molecule has 2 aromatic rings. The molecule has 0 spiro atoms. The van der Waals surface area contributed by atoms with Crippen molar-refractivity contribution in [2.75, 3.05) is 25.5 Å². The summed E-state index contributed by atoms with van der Waals surface area (Å²) >= 11 is 0. The second-order valence-corrected chi connectivity index (χ2v) is 10.4. The zero-order valence-electron chi connectivity index (χ0n) is 18.9. The van der Waals surface area contributed by atoms with Crippen LogP contribution >= 0.6 is 0 Å². The Balaban J connectivity index is 1.70. The van der Waals surface area contributed by atoms with Crippen LogP contribution in [-0.4, -0.2) is 38.8 Å². The first-order valence-corrected chi connectivity index (χ1v) is 12.1. The summed E-state index contributed by atoms with van der Waals surface area (Å²) in [6.07, 6.45) is 0.976. The van der Waals surface area contributed by atoms with Crippen molar-refractivity contribution in [2.24, 2.45) is 5.92 Å². The Hall–Kier alpha value is -2.38. The number of carbonyl (C=O) groups excluding carboxylic acids is 1. The van der Waals surface area contributed by atoms with Crippen LogP contribution in [0.5, 0.6) is 5.75 Å². The second-order valence-electron chi connectivity index (χ2n) is 8.53. The SMILES string of the molecule is COc1ccc(C(C)C)cc1S(=O)(=O)N1CCC(C(=O)Nc2ccc(C)c(C)c2)CC1. The van der Waals surface area contributed by atoms with Crippen LogP contribution in [0.3, 0.4) is 0 Å². The number of methoxy groups -OCH3 is 1. The Morgan fingerprint density at radius 3 is 2.32 bits per heavy atom. The van der Waals surface area contributed by atoms with Crippen molar-refractivity contribution in [1.82, 2.24) is 4.31 Å². The van der Waals surface area contributed by atoms with Gasteiger partial charge in [-0.3, -0.25) is 4.79 Å². The number of nitrogens with one attached hydrogen (secondary N) is 1. The number of anilines is 1. The minimum Gasteiger partial charge on any atom is -0.495 e. The molecule has 0 atom stereocenters. The lowest BCUT2D eigenvalue weighted by Gasteiger charge is -2.31. The summed E-state index contributed by atoms with van der Waals surface area (Å²) < 4.78 is 33.4. The van der Waals surface area contributed by atoms with Gasteiger partial charge in [-0.1, -0.05) is 26.0 Å². The van der Waals surface area contributed by atoms with Crippen LogP contribution in [0, 0.1) is 19.8 Å². The van der Waals surface area contributed by atoms with Gasteiger partial charge in [0.1, 0.15) is 10.6 Å². The topological polar surface area (TPSA) is 75.7 Å². The lowest BCUT2D eigenvalue weighted by atomic mass is 9.97. The lowest BCUT2D eigenvalue weighted by Crippen LogP contribution is -2.41. The van der Waals surface area contributed by atoms with E-state index in [-0.39, 0.29) is 22.6 Å². The smallest absolute Gasteiger partial charge is 0.246 e. The molecule has 0 radical (unpaired) electrons. The molecule has 0 aromatic heterocycles. The van der Waals surface area contributed by atoms with Crippen LogP contribution in [0.25, 0.3) is 0 Å². The normalized spacial score (nSPS) is 15.8. The monoisotopic (exact) mass is 444 g/mol. The van der Waals surface area contributed by atoms with Gasteiger partial charge in [0.2, 0.25) is 15.9 Å². The Kier molecular flexibility index (Phi) is 7.06. The number of piperidine rings is 1. The van der Waals surface area contributed by atoms with Gasteiger partial charge in [-0.25, -0.2) is 8.42 Å². The van der Waals surface area contributed by atoms with E-state index in [9.17, 15) is 13.2 Å². The van der Waals surface area contributed by atoms with Gasteiger partial charge >= 0.3 is 0 Å². The summed E-state index contributed by atoms with van der Waals surface area (Å²) in [6.45, 7) is 8.71. The van der Waals surface area contributed by atoms with E-state index in [2.05, 4.69) is 5.32 Å². The second kappa shape index (κ2) is 9.40. The highest BCUT2D eigenvalue weighted by atomic mass is 32.2. The van der Waals surface area contributed by atoms with E-state index in [1.54, 1.807) is 12.1 Å². The van der Waals surface area contributed by atoms with Crippen molar-refractivity contribution >= 4 is 21.6 Å². The summed E-state index contributed by atoms with van der Waals surface area (Å²) in [7, 11) is -2.22. The minimum absolute atomic E-state index is 0.0558. The highest BCUT2D eigenvalue weighted by molar-refractivity contribution is 7.89. The molecular formula is C24H32N2O4S. The van der Waals surface area contributed by atoms with Gasteiger partial charge in [0.05, 0.1) is 7.11 Å². The fraction of sp³-hybridized carbons (Fsp3) is 0.458. The molecule has 1 N–H and O–H groups in total. The third kappa shape index (κ3) is 5.10. The van der Waals surface area contributed by atoms with Crippen molar-refractivity contribution in [3.05, 3.63) is 53.1 Å². The summed E-state index contributed by atoms with van der Waals surface area (Å²) in [6, 6.07) is 11.2. The van der Waals surface area contributed by atoms with Crippen LogP contribution in [0.2, 0.25) is 0 Å². The molecule has 3 rings (SSSR count). The lowest BCUT2D eigenvalue weighted by molar-refractivity contribution is -0.120. The number of aryl methyl sites for hydroxylation is 2. The van der Waals surface area contributed by atoms with Gasteiger partial charge in [0.25, 0.3) is 0 Å². The van der Waals surface area contributed by atoms with Crippen LogP contribution in [0.4, 0.5) is 5.69 Å². The quantitative estimate of drug-likeness (QED) is 0.713. The van der Waals surface area contributed by atoms with E-state index in [1.165, 1.54) is 17.0 Å². The van der Waals surface area contributed by atoms with Gasteiger partial charge < -0.3 is 10.1 Å². The van der Waals surface area contributed by atoms with Gasteiger partial charge in [-0.05, 0) is 73.6 Å². The number of sulfonamides is 1. The Labute approximate surface area is 185 Å². The van der Waals surface area contributed by atoms with E-state index < -0.39 is 10.0 Å². The van der Waals surface area contributed by atoms with Crippen LogP contribution < -0.4 is 10.1 Å². The molecule has 1 fully saturated rings. The van der Waals surface area contributed by atoms with Gasteiger partial charge in [0, 0.05) is 24.7 Å². The molecule has 1 aliphatic rings. The molecule has 168 valence electrons. The van der Waals surface area contributed by atoms with Crippen molar-refractivity contribution < 1.29 is 17.9 Å². The number of benzene rings is 2. The van der Waals surface area contributed by atoms with E-state index in [0.717, 1.165) is 16.8 Å². The summed E-state index contributed by atoms with van der Waals surface area (Å²) in [5.74, 6) is 0.287. The van der Waals surface area contributed by atoms with E-state index >= 15 is 0 Å². The number of amides is 1. The average Bonchev–Trinajstić information content (AvgIpc) is 2.75. The Bertz CT molecular complexity index is 1060. The van der Waals surface area contributed by atoms with Crippen LogP contribution in [-0.2, 0) is 14.8 Å². The maximum atomic E-state index is 13.3. The maximum Gasteiger partial charge on any atom is 0.246 e. The molecule has 2 aromatic carbocycles. The molecule has 7 heteroatoms. The van der Waals surface area contributed by atoms with Crippen molar-refractivity contribution in [3.8, 4) is 5.75 Å². The molecule has 1 saturated heterocycles. The molecule has 6 nitrogen and oxygen atoms in total. The zero-order chi connectivity index (χ0) is 22.8. The molecule has 0 bridgehead atoms. The van der Waals surface area contributed by atoms with Crippen LogP contribution in [0.1, 0.15) is 49.3 Å².